The first kappa shape index (κ1) is 12.5. The molecule has 1 aromatic rings. The van der Waals surface area contributed by atoms with Gasteiger partial charge in [0.05, 0.1) is 23.2 Å². The summed E-state index contributed by atoms with van der Waals surface area (Å²) in [5, 5.41) is 17.8. The van der Waals surface area contributed by atoms with Crippen LogP contribution in [-0.2, 0) is 0 Å². The van der Waals surface area contributed by atoms with Crippen LogP contribution in [0.1, 0.15) is 12.5 Å². The first-order valence-electron chi connectivity index (χ1n) is 4.89. The third kappa shape index (κ3) is 2.98. The molecular weight excluding hydrogens is 266 g/mol. The molecule has 0 heterocycles. The third-order valence-corrected chi connectivity index (χ3v) is 2.75. The number of hydrogen-bond donors (Lipinski definition) is 0. The molecule has 0 fully saturated rings. The first-order chi connectivity index (χ1) is 7.58. The third-order valence-electron chi connectivity index (χ3n) is 2.26. The van der Waals surface area contributed by atoms with E-state index < -0.39 is 0 Å². The highest BCUT2D eigenvalue weighted by atomic mass is 79.9. The molecule has 82 valence electrons. The van der Waals surface area contributed by atoms with Crippen molar-refractivity contribution in [3.05, 3.63) is 28.2 Å². The van der Waals surface area contributed by atoms with Crippen LogP contribution in [0.3, 0.4) is 0 Å². The Bertz CT molecular complexity index is 456. The van der Waals surface area contributed by atoms with Crippen LogP contribution >= 0.6 is 15.9 Å². The molecule has 16 heavy (non-hydrogen) atoms. The molecular formula is C12H12BrN3. The van der Waals surface area contributed by atoms with Gasteiger partial charge < -0.3 is 4.90 Å². The van der Waals surface area contributed by atoms with E-state index >= 15 is 0 Å². The lowest BCUT2D eigenvalue weighted by atomic mass is 10.1. The lowest BCUT2D eigenvalue weighted by Crippen LogP contribution is -2.23. The van der Waals surface area contributed by atoms with Crippen LogP contribution in [0, 0.1) is 28.6 Å². The summed E-state index contributed by atoms with van der Waals surface area (Å²) in [6.07, 6.45) is 0. The summed E-state index contributed by atoms with van der Waals surface area (Å²) in [4.78, 5) is 1.93. The van der Waals surface area contributed by atoms with E-state index in [1.807, 2.05) is 31.0 Å². The van der Waals surface area contributed by atoms with Crippen molar-refractivity contribution in [1.29, 1.82) is 10.5 Å². The Balaban J connectivity index is 2.96. The van der Waals surface area contributed by atoms with Crippen LogP contribution < -0.4 is 4.90 Å². The number of rotatable bonds is 3. The van der Waals surface area contributed by atoms with Gasteiger partial charge in [0.25, 0.3) is 0 Å². The van der Waals surface area contributed by atoms with Gasteiger partial charge in [-0.3, -0.25) is 0 Å². The summed E-state index contributed by atoms with van der Waals surface area (Å²) >= 11 is 3.33. The van der Waals surface area contributed by atoms with Crippen molar-refractivity contribution in [1.82, 2.24) is 0 Å². The predicted molar refractivity (Wildman–Crippen MR) is 66.9 cm³/mol. The Morgan fingerprint density at radius 1 is 1.44 bits per heavy atom. The molecule has 0 N–H and O–H groups in total. The highest BCUT2D eigenvalue weighted by Crippen LogP contribution is 2.23. The summed E-state index contributed by atoms with van der Waals surface area (Å²) in [5.41, 5.74) is 1.47. The van der Waals surface area contributed by atoms with Crippen molar-refractivity contribution in [2.75, 3.05) is 18.5 Å². The molecule has 0 amide bonds. The average molecular weight is 278 g/mol. The van der Waals surface area contributed by atoms with Crippen molar-refractivity contribution in [3.8, 4) is 12.1 Å². The van der Waals surface area contributed by atoms with Crippen molar-refractivity contribution in [2.24, 2.45) is 5.92 Å². The van der Waals surface area contributed by atoms with E-state index in [0.717, 1.165) is 10.2 Å². The smallest absolute Gasteiger partial charge is 0.101 e. The van der Waals surface area contributed by atoms with Gasteiger partial charge in [-0.25, -0.2) is 0 Å². The van der Waals surface area contributed by atoms with Crippen LogP contribution in [0.25, 0.3) is 0 Å². The first-order valence-corrected chi connectivity index (χ1v) is 5.68. The highest BCUT2D eigenvalue weighted by Gasteiger charge is 2.10. The van der Waals surface area contributed by atoms with E-state index in [1.165, 1.54) is 0 Å². The van der Waals surface area contributed by atoms with E-state index in [2.05, 4.69) is 28.1 Å². The van der Waals surface area contributed by atoms with Crippen LogP contribution in [0.5, 0.6) is 0 Å². The molecule has 0 radical (unpaired) electrons. The van der Waals surface area contributed by atoms with Gasteiger partial charge in [-0.15, -0.1) is 0 Å². The molecule has 0 aliphatic rings. The molecule has 0 aliphatic carbocycles. The van der Waals surface area contributed by atoms with Crippen molar-refractivity contribution in [3.63, 3.8) is 0 Å². The highest BCUT2D eigenvalue weighted by molar-refractivity contribution is 9.10. The molecule has 1 rings (SSSR count). The zero-order chi connectivity index (χ0) is 12.1. The molecule has 1 aromatic carbocycles. The normalized spacial score (nSPS) is 11.3. The number of hydrogen-bond acceptors (Lipinski definition) is 3. The lowest BCUT2D eigenvalue weighted by molar-refractivity contribution is 0.716. The monoisotopic (exact) mass is 277 g/mol. The fourth-order valence-corrected chi connectivity index (χ4v) is 1.84. The fourth-order valence-electron chi connectivity index (χ4n) is 1.48. The fraction of sp³-hybridized carbons (Fsp3) is 0.333. The number of nitriles is 2. The van der Waals surface area contributed by atoms with E-state index in [-0.39, 0.29) is 5.92 Å². The number of nitrogens with zero attached hydrogens (tertiary/aromatic N) is 3. The predicted octanol–water partition coefficient (Wildman–Crippen LogP) is 2.92. The number of benzene rings is 1. The Morgan fingerprint density at radius 3 is 2.69 bits per heavy atom. The second-order valence-corrected chi connectivity index (χ2v) is 4.60. The topological polar surface area (TPSA) is 50.8 Å². The molecule has 0 aliphatic heterocycles. The zero-order valence-electron chi connectivity index (χ0n) is 9.24. The standard InChI is InChI=1S/C12H12BrN3/c1-9(6-14)8-16(2)12-4-3-11(13)5-10(12)7-15/h3-5,9H,8H2,1-2H3. The van der Waals surface area contributed by atoms with E-state index in [0.29, 0.717) is 12.1 Å². The molecule has 0 aromatic heterocycles. The molecule has 4 heteroatoms. The summed E-state index contributed by atoms with van der Waals surface area (Å²) in [5.74, 6) is -0.0554. The minimum absolute atomic E-state index is 0.0554. The lowest BCUT2D eigenvalue weighted by Gasteiger charge is -2.21. The Morgan fingerprint density at radius 2 is 2.12 bits per heavy atom. The van der Waals surface area contributed by atoms with Gasteiger partial charge >= 0.3 is 0 Å². The maximum absolute atomic E-state index is 9.02. The zero-order valence-corrected chi connectivity index (χ0v) is 10.8. The van der Waals surface area contributed by atoms with E-state index in [9.17, 15) is 0 Å². The van der Waals surface area contributed by atoms with Gasteiger partial charge in [-0.1, -0.05) is 15.9 Å². The van der Waals surface area contributed by atoms with Crippen LogP contribution in [-0.4, -0.2) is 13.6 Å². The molecule has 3 nitrogen and oxygen atoms in total. The van der Waals surface area contributed by atoms with Gasteiger partial charge in [0.2, 0.25) is 0 Å². The minimum atomic E-state index is -0.0554. The summed E-state index contributed by atoms with van der Waals surface area (Å²) in [6.45, 7) is 2.48. The van der Waals surface area contributed by atoms with Gasteiger partial charge in [0, 0.05) is 18.1 Å². The van der Waals surface area contributed by atoms with E-state index in [4.69, 9.17) is 10.5 Å². The Kier molecular flexibility index (Phi) is 4.34. The molecule has 0 saturated heterocycles. The maximum atomic E-state index is 9.02. The second kappa shape index (κ2) is 5.53. The van der Waals surface area contributed by atoms with Gasteiger partial charge in [-0.05, 0) is 25.1 Å². The summed E-state index contributed by atoms with van der Waals surface area (Å²) < 4.78 is 0.884. The number of anilines is 1. The summed E-state index contributed by atoms with van der Waals surface area (Å²) in [6, 6.07) is 9.89. The largest absolute Gasteiger partial charge is 0.372 e. The van der Waals surface area contributed by atoms with Crippen LogP contribution in [0.15, 0.2) is 22.7 Å². The van der Waals surface area contributed by atoms with Crippen molar-refractivity contribution in [2.45, 2.75) is 6.92 Å². The van der Waals surface area contributed by atoms with Gasteiger partial charge in [0.15, 0.2) is 0 Å². The molecule has 1 unspecified atom stereocenters. The quantitative estimate of drug-likeness (QED) is 0.854. The van der Waals surface area contributed by atoms with E-state index in [1.54, 1.807) is 6.07 Å². The van der Waals surface area contributed by atoms with Crippen molar-refractivity contribution < 1.29 is 0 Å². The molecule has 0 saturated carbocycles. The Labute approximate surface area is 104 Å². The van der Waals surface area contributed by atoms with Gasteiger partial charge in [-0.2, -0.15) is 10.5 Å². The maximum Gasteiger partial charge on any atom is 0.101 e. The summed E-state index contributed by atoms with van der Waals surface area (Å²) in [7, 11) is 1.89. The van der Waals surface area contributed by atoms with Crippen LogP contribution in [0.2, 0.25) is 0 Å². The van der Waals surface area contributed by atoms with Gasteiger partial charge in [0.1, 0.15) is 6.07 Å². The molecule has 0 spiro atoms. The van der Waals surface area contributed by atoms with Crippen molar-refractivity contribution >= 4 is 21.6 Å². The molecule has 1 atom stereocenters. The average Bonchev–Trinajstić information content (AvgIpc) is 2.28. The minimum Gasteiger partial charge on any atom is -0.372 e. The molecule has 0 bridgehead atoms. The van der Waals surface area contributed by atoms with Crippen LogP contribution in [0.4, 0.5) is 5.69 Å². The second-order valence-electron chi connectivity index (χ2n) is 3.68. The SMILES string of the molecule is CC(C#N)CN(C)c1ccc(Br)cc1C#N. The Hall–Kier alpha value is -1.52. The number of halogens is 1.